The molecule has 1 rings (SSSR count). The van der Waals surface area contributed by atoms with Crippen LogP contribution in [-0.2, 0) is 0 Å². The van der Waals surface area contributed by atoms with Gasteiger partial charge in [-0.3, -0.25) is 4.90 Å². The Balaban J connectivity index is 2.12. The molecule has 1 atom stereocenters. The van der Waals surface area contributed by atoms with Crippen molar-refractivity contribution in [2.24, 2.45) is 5.73 Å². The van der Waals surface area contributed by atoms with Gasteiger partial charge in [-0.05, 0) is 19.5 Å². The van der Waals surface area contributed by atoms with Crippen LogP contribution in [0.5, 0.6) is 0 Å². The Bertz CT molecular complexity index is 161. The Kier molecular flexibility index (Phi) is 6.12. The van der Waals surface area contributed by atoms with Gasteiger partial charge in [-0.25, -0.2) is 0 Å². The third-order valence-electron chi connectivity index (χ3n) is 2.82. The number of hydrogen-bond donors (Lipinski definition) is 3. The number of β-amino-alcohol motifs (C(OH)–C–C–N with tert-alkyl or cyclic N) is 1. The van der Waals surface area contributed by atoms with Crippen molar-refractivity contribution in [3.05, 3.63) is 0 Å². The largest absolute Gasteiger partial charge is 0.394 e. The molecule has 15 heavy (non-hydrogen) atoms. The van der Waals surface area contributed by atoms with Crippen molar-refractivity contribution in [3.63, 3.8) is 0 Å². The molecular weight excluding hydrogens is 194 g/mol. The molecule has 0 radical (unpaired) electrons. The average molecular weight is 217 g/mol. The van der Waals surface area contributed by atoms with E-state index in [1.54, 1.807) is 0 Å². The third-order valence-corrected chi connectivity index (χ3v) is 2.82. The SMILES string of the molecule is NCCCN1CCN(CC(O)CO)CC1. The van der Waals surface area contributed by atoms with Crippen molar-refractivity contribution < 1.29 is 10.2 Å². The Labute approximate surface area is 91.5 Å². The number of hydrogen-bond acceptors (Lipinski definition) is 5. The Hall–Kier alpha value is -0.200. The van der Waals surface area contributed by atoms with E-state index in [1.807, 2.05) is 0 Å². The fourth-order valence-corrected chi connectivity index (χ4v) is 1.87. The molecule has 1 heterocycles. The van der Waals surface area contributed by atoms with Crippen molar-refractivity contribution in [2.45, 2.75) is 12.5 Å². The highest BCUT2D eigenvalue weighted by Crippen LogP contribution is 2.02. The lowest BCUT2D eigenvalue weighted by Crippen LogP contribution is -2.49. The Morgan fingerprint density at radius 2 is 1.73 bits per heavy atom. The highest BCUT2D eigenvalue weighted by atomic mass is 16.3. The first-order valence-corrected chi connectivity index (χ1v) is 5.70. The molecule has 1 saturated heterocycles. The van der Waals surface area contributed by atoms with E-state index >= 15 is 0 Å². The van der Waals surface area contributed by atoms with Gasteiger partial charge in [0.25, 0.3) is 0 Å². The first-order valence-electron chi connectivity index (χ1n) is 5.70. The average Bonchev–Trinajstić information content (AvgIpc) is 2.28. The summed E-state index contributed by atoms with van der Waals surface area (Å²) in [5.74, 6) is 0. The van der Waals surface area contributed by atoms with Gasteiger partial charge in [-0.2, -0.15) is 0 Å². The minimum absolute atomic E-state index is 0.145. The fraction of sp³-hybridized carbons (Fsp3) is 1.00. The molecule has 5 nitrogen and oxygen atoms in total. The Morgan fingerprint density at radius 1 is 1.13 bits per heavy atom. The summed E-state index contributed by atoms with van der Waals surface area (Å²) in [7, 11) is 0. The number of aliphatic hydroxyl groups excluding tert-OH is 2. The van der Waals surface area contributed by atoms with Crippen LogP contribution in [-0.4, -0.2) is 78.5 Å². The van der Waals surface area contributed by atoms with Crippen molar-refractivity contribution in [1.82, 2.24) is 9.80 Å². The molecule has 1 fully saturated rings. The summed E-state index contributed by atoms with van der Waals surface area (Å²) in [4.78, 5) is 4.59. The first kappa shape index (κ1) is 12.9. The van der Waals surface area contributed by atoms with Gasteiger partial charge < -0.3 is 20.8 Å². The first-order chi connectivity index (χ1) is 7.26. The molecule has 1 aliphatic heterocycles. The van der Waals surface area contributed by atoms with Crippen molar-refractivity contribution >= 4 is 0 Å². The van der Waals surface area contributed by atoms with E-state index in [0.717, 1.165) is 45.7 Å². The van der Waals surface area contributed by atoms with Crippen LogP contribution in [0.3, 0.4) is 0 Å². The van der Waals surface area contributed by atoms with Crippen molar-refractivity contribution in [3.8, 4) is 0 Å². The van der Waals surface area contributed by atoms with Crippen molar-refractivity contribution in [1.29, 1.82) is 0 Å². The van der Waals surface area contributed by atoms with Crippen LogP contribution in [0, 0.1) is 0 Å². The maximum atomic E-state index is 9.30. The summed E-state index contributed by atoms with van der Waals surface area (Å²) >= 11 is 0. The summed E-state index contributed by atoms with van der Waals surface area (Å²) in [5, 5.41) is 18.0. The zero-order valence-corrected chi connectivity index (χ0v) is 9.31. The van der Waals surface area contributed by atoms with E-state index in [0.29, 0.717) is 6.54 Å². The lowest BCUT2D eigenvalue weighted by molar-refractivity contribution is 0.0395. The van der Waals surface area contributed by atoms with Crippen LogP contribution in [0.1, 0.15) is 6.42 Å². The summed E-state index contributed by atoms with van der Waals surface area (Å²) in [6.45, 7) is 6.30. The van der Waals surface area contributed by atoms with Gasteiger partial charge in [-0.15, -0.1) is 0 Å². The lowest BCUT2D eigenvalue weighted by atomic mass is 10.2. The maximum absolute atomic E-state index is 9.30. The van der Waals surface area contributed by atoms with Gasteiger partial charge in [0.1, 0.15) is 0 Å². The van der Waals surface area contributed by atoms with Gasteiger partial charge >= 0.3 is 0 Å². The molecule has 0 aliphatic carbocycles. The third kappa shape index (κ3) is 4.90. The molecule has 1 aliphatic rings. The molecule has 90 valence electrons. The second-order valence-electron chi connectivity index (χ2n) is 4.12. The minimum atomic E-state index is -0.597. The van der Waals surface area contributed by atoms with Gasteiger partial charge in [-0.1, -0.05) is 0 Å². The Morgan fingerprint density at radius 3 is 2.27 bits per heavy atom. The standard InChI is InChI=1S/C10H23N3O2/c11-2-1-3-12-4-6-13(7-5-12)8-10(15)9-14/h10,14-15H,1-9,11H2. The normalized spacial score (nSPS) is 21.8. The number of nitrogens with two attached hydrogens (primary N) is 1. The minimum Gasteiger partial charge on any atom is -0.394 e. The maximum Gasteiger partial charge on any atom is 0.0897 e. The van der Waals surface area contributed by atoms with Crippen molar-refractivity contribution in [2.75, 3.05) is 52.4 Å². The number of piperazine rings is 1. The zero-order chi connectivity index (χ0) is 11.1. The lowest BCUT2D eigenvalue weighted by Gasteiger charge is -2.35. The fourth-order valence-electron chi connectivity index (χ4n) is 1.87. The van der Waals surface area contributed by atoms with Gasteiger partial charge in [0.05, 0.1) is 12.7 Å². The quantitative estimate of drug-likeness (QED) is 0.495. The molecule has 0 bridgehead atoms. The molecule has 5 heteroatoms. The van der Waals surface area contributed by atoms with Gasteiger partial charge in [0.2, 0.25) is 0 Å². The smallest absolute Gasteiger partial charge is 0.0897 e. The highest BCUT2D eigenvalue weighted by molar-refractivity contribution is 4.73. The van der Waals surface area contributed by atoms with E-state index in [4.69, 9.17) is 10.8 Å². The van der Waals surface area contributed by atoms with Crippen LogP contribution < -0.4 is 5.73 Å². The predicted octanol–water partition coefficient (Wildman–Crippen LogP) is -1.69. The number of nitrogens with zero attached hydrogens (tertiary/aromatic N) is 2. The monoisotopic (exact) mass is 217 g/mol. The topological polar surface area (TPSA) is 73.0 Å². The van der Waals surface area contributed by atoms with Crippen LogP contribution in [0.2, 0.25) is 0 Å². The van der Waals surface area contributed by atoms with Crippen LogP contribution in [0.25, 0.3) is 0 Å². The zero-order valence-electron chi connectivity index (χ0n) is 9.31. The molecule has 0 spiro atoms. The summed E-state index contributed by atoms with van der Waals surface area (Å²) in [5.41, 5.74) is 5.46. The molecule has 0 aromatic carbocycles. The van der Waals surface area contributed by atoms with E-state index < -0.39 is 6.10 Å². The van der Waals surface area contributed by atoms with Crippen LogP contribution in [0.4, 0.5) is 0 Å². The molecule has 1 unspecified atom stereocenters. The van der Waals surface area contributed by atoms with Crippen LogP contribution in [0.15, 0.2) is 0 Å². The molecule has 4 N–H and O–H groups in total. The van der Waals surface area contributed by atoms with E-state index in [-0.39, 0.29) is 6.61 Å². The highest BCUT2D eigenvalue weighted by Gasteiger charge is 2.18. The second-order valence-corrected chi connectivity index (χ2v) is 4.12. The summed E-state index contributed by atoms with van der Waals surface area (Å²) in [6, 6.07) is 0. The number of rotatable bonds is 6. The summed E-state index contributed by atoms with van der Waals surface area (Å²) < 4.78 is 0. The van der Waals surface area contributed by atoms with E-state index in [9.17, 15) is 5.11 Å². The summed E-state index contributed by atoms with van der Waals surface area (Å²) in [6.07, 6.45) is 0.458. The molecular formula is C10H23N3O2. The van der Waals surface area contributed by atoms with E-state index in [2.05, 4.69) is 9.80 Å². The second kappa shape index (κ2) is 7.14. The molecule has 0 aromatic heterocycles. The molecule has 0 saturated carbocycles. The number of aliphatic hydroxyl groups is 2. The molecule has 0 aromatic rings. The van der Waals surface area contributed by atoms with E-state index in [1.165, 1.54) is 0 Å². The van der Waals surface area contributed by atoms with Gasteiger partial charge in [0, 0.05) is 32.7 Å². The van der Waals surface area contributed by atoms with Crippen LogP contribution >= 0.6 is 0 Å². The predicted molar refractivity (Wildman–Crippen MR) is 59.6 cm³/mol. The van der Waals surface area contributed by atoms with Gasteiger partial charge in [0.15, 0.2) is 0 Å². The molecule has 0 amide bonds.